The van der Waals surface area contributed by atoms with Crippen LogP contribution in [0.3, 0.4) is 0 Å². The predicted octanol–water partition coefficient (Wildman–Crippen LogP) is -1.26. The molecule has 0 spiro atoms. The molecule has 0 saturated carbocycles. The molecule has 0 unspecified atom stereocenters. The lowest BCUT2D eigenvalue weighted by Gasteiger charge is -2.07. The molecule has 0 saturated heterocycles. The summed E-state index contributed by atoms with van der Waals surface area (Å²) >= 11 is 0. The van der Waals surface area contributed by atoms with Crippen LogP contribution in [0.2, 0.25) is 0 Å². The van der Waals surface area contributed by atoms with E-state index in [9.17, 15) is 14.4 Å². The van der Waals surface area contributed by atoms with Crippen LogP contribution in [0.15, 0.2) is 12.3 Å². The van der Waals surface area contributed by atoms with Gasteiger partial charge in [0.15, 0.2) is 0 Å². The highest BCUT2D eigenvalue weighted by Gasteiger charge is 2.14. The topological polar surface area (TPSA) is 190 Å². The molecule has 0 fully saturated rings. The molecule has 0 aliphatic heterocycles. The van der Waals surface area contributed by atoms with Crippen molar-refractivity contribution < 1.29 is 29.7 Å². The molecule has 9 N–H and O–H groups in total. The van der Waals surface area contributed by atoms with Crippen LogP contribution in [0, 0.1) is 0 Å². The molecule has 0 heterocycles. The molecule has 0 amide bonds. The Morgan fingerprint density at radius 2 is 1.20 bits per heavy atom. The van der Waals surface area contributed by atoms with Gasteiger partial charge in [-0.15, -0.1) is 0 Å². The summed E-state index contributed by atoms with van der Waals surface area (Å²) in [7, 11) is 2.41. The molecule has 0 aromatic rings. The van der Waals surface area contributed by atoms with E-state index in [-0.39, 0.29) is 17.2 Å². The normalized spacial score (nSPS) is 12.5. The molecule has 9 nitrogen and oxygen atoms in total. The first-order chi connectivity index (χ1) is 9.09. The first kappa shape index (κ1) is 20.9. The maximum absolute atomic E-state index is 10.3. The van der Waals surface area contributed by atoms with Crippen LogP contribution in [0.1, 0.15) is 0 Å². The highest BCUT2D eigenvalue weighted by atomic mass is 33.1. The van der Waals surface area contributed by atoms with Gasteiger partial charge in [0.05, 0.1) is 0 Å². The van der Waals surface area contributed by atoms with Crippen molar-refractivity contribution >= 4 is 39.5 Å². The van der Waals surface area contributed by atoms with Crippen LogP contribution in [0.5, 0.6) is 0 Å². The summed E-state index contributed by atoms with van der Waals surface area (Å²) < 4.78 is 0. The highest BCUT2D eigenvalue weighted by Crippen LogP contribution is 2.22. The van der Waals surface area contributed by atoms with E-state index in [1.54, 1.807) is 0 Å². The molecule has 11 heteroatoms. The monoisotopic (exact) mass is 327 g/mol. The van der Waals surface area contributed by atoms with Crippen LogP contribution in [-0.4, -0.2) is 56.8 Å². The molecule has 2 atom stereocenters. The molecule has 0 rings (SSSR count). The van der Waals surface area contributed by atoms with Crippen LogP contribution < -0.4 is 17.2 Å². The Bertz CT molecular complexity index is 332. The van der Waals surface area contributed by atoms with E-state index in [0.717, 1.165) is 0 Å². The number of carboxylic acids is 3. The fourth-order valence-electron chi connectivity index (χ4n) is 0.385. The predicted molar refractivity (Wildman–Crippen MR) is 77.1 cm³/mol. The second kappa shape index (κ2) is 11.4. The Kier molecular flexibility index (Phi) is 11.9. The maximum Gasteiger partial charge on any atom is 0.351 e. The summed E-state index contributed by atoms with van der Waals surface area (Å²) in [6, 6.07) is -1.85. The Balaban J connectivity index is 0. The van der Waals surface area contributed by atoms with E-state index >= 15 is 0 Å². The van der Waals surface area contributed by atoms with Gasteiger partial charge in [-0.3, -0.25) is 9.59 Å². The highest BCUT2D eigenvalue weighted by molar-refractivity contribution is 8.76. The zero-order valence-corrected chi connectivity index (χ0v) is 12.0. The van der Waals surface area contributed by atoms with Crippen molar-refractivity contribution in [3.63, 3.8) is 0 Å². The molecular formula is C9H17N3O6S2. The van der Waals surface area contributed by atoms with Crippen LogP contribution in [0.4, 0.5) is 0 Å². The van der Waals surface area contributed by atoms with Gasteiger partial charge >= 0.3 is 17.9 Å². The van der Waals surface area contributed by atoms with Crippen molar-refractivity contribution in [2.24, 2.45) is 17.2 Å². The van der Waals surface area contributed by atoms with E-state index in [0.29, 0.717) is 0 Å². The first-order valence-electron chi connectivity index (χ1n) is 4.98. The second-order valence-electron chi connectivity index (χ2n) is 3.29. The largest absolute Gasteiger partial charge is 0.480 e. The zero-order chi connectivity index (χ0) is 16.3. The summed E-state index contributed by atoms with van der Waals surface area (Å²) in [6.07, 6.45) is 0. The second-order valence-corrected chi connectivity index (χ2v) is 5.84. The van der Waals surface area contributed by atoms with Crippen molar-refractivity contribution in [2.45, 2.75) is 12.1 Å². The molecule has 0 bridgehead atoms. The third-order valence-corrected chi connectivity index (χ3v) is 3.96. The van der Waals surface area contributed by atoms with Gasteiger partial charge in [0.2, 0.25) is 0 Å². The lowest BCUT2D eigenvalue weighted by atomic mass is 10.4. The smallest absolute Gasteiger partial charge is 0.351 e. The van der Waals surface area contributed by atoms with Crippen molar-refractivity contribution in [3.05, 3.63) is 12.3 Å². The van der Waals surface area contributed by atoms with E-state index < -0.39 is 30.0 Å². The fraction of sp³-hybridized carbons (Fsp3) is 0.444. The first-order valence-corrected chi connectivity index (χ1v) is 7.47. The van der Waals surface area contributed by atoms with Crippen molar-refractivity contribution in [1.29, 1.82) is 0 Å². The van der Waals surface area contributed by atoms with Crippen molar-refractivity contribution in [3.8, 4) is 0 Å². The minimum Gasteiger partial charge on any atom is -0.480 e. The number of nitrogens with two attached hydrogens (primary N) is 3. The van der Waals surface area contributed by atoms with Gasteiger partial charge in [0, 0.05) is 11.5 Å². The summed E-state index contributed by atoms with van der Waals surface area (Å²) in [5, 5.41) is 24.6. The summed E-state index contributed by atoms with van der Waals surface area (Å²) in [4.78, 5) is 30.0. The number of aliphatic carboxylic acids is 3. The van der Waals surface area contributed by atoms with Crippen molar-refractivity contribution in [1.82, 2.24) is 0 Å². The quantitative estimate of drug-likeness (QED) is 0.177. The summed E-state index contributed by atoms with van der Waals surface area (Å²) in [5.74, 6) is -2.84. The van der Waals surface area contributed by atoms with E-state index in [1.165, 1.54) is 21.6 Å². The molecule has 116 valence electrons. The summed E-state index contributed by atoms with van der Waals surface area (Å²) in [5.41, 5.74) is 14.7. The van der Waals surface area contributed by atoms with Gasteiger partial charge < -0.3 is 32.5 Å². The van der Waals surface area contributed by atoms with Crippen molar-refractivity contribution in [2.75, 3.05) is 11.5 Å². The zero-order valence-electron chi connectivity index (χ0n) is 10.4. The van der Waals surface area contributed by atoms with Crippen LogP contribution >= 0.6 is 21.6 Å². The molecular weight excluding hydrogens is 310 g/mol. The third kappa shape index (κ3) is 13.0. The SMILES string of the molecule is C=C(N)C(=O)O.N[C@@H](CSSC[C@H](N)C(=O)O)C(=O)O. The Morgan fingerprint density at radius 3 is 1.35 bits per heavy atom. The van der Waals surface area contributed by atoms with E-state index in [4.69, 9.17) is 26.8 Å². The molecule has 0 aliphatic carbocycles. The third-order valence-electron chi connectivity index (χ3n) is 1.49. The van der Waals surface area contributed by atoms with Crippen LogP contribution in [-0.2, 0) is 14.4 Å². The van der Waals surface area contributed by atoms with Crippen LogP contribution in [0.25, 0.3) is 0 Å². The molecule has 0 aromatic heterocycles. The lowest BCUT2D eigenvalue weighted by molar-refractivity contribution is -0.138. The molecule has 0 aromatic carbocycles. The standard InChI is InChI=1S/C6H12N2O4S2.C3H5NO2/c7-3(5(9)10)1-13-14-2-4(8)6(11)12;1-2(4)3(5)6/h3-4H,1-2,7-8H2,(H,9,10)(H,11,12);1,4H2,(H,5,6)/t3-,4-;/m0./s1. The molecule has 20 heavy (non-hydrogen) atoms. The van der Waals surface area contributed by atoms with Gasteiger partial charge in [-0.25, -0.2) is 4.79 Å². The van der Waals surface area contributed by atoms with Gasteiger partial charge in [0.25, 0.3) is 0 Å². The number of hydrogen-bond acceptors (Lipinski definition) is 8. The van der Waals surface area contributed by atoms with Gasteiger partial charge in [-0.2, -0.15) is 0 Å². The minimum atomic E-state index is -1.16. The molecule has 0 radical (unpaired) electrons. The molecule has 0 aliphatic rings. The lowest BCUT2D eigenvalue weighted by Crippen LogP contribution is -2.33. The minimum absolute atomic E-state index is 0.229. The average molecular weight is 327 g/mol. The van der Waals surface area contributed by atoms with E-state index in [2.05, 4.69) is 12.3 Å². The number of carbonyl (C=O) groups is 3. The Hall–Kier alpha value is -1.43. The average Bonchev–Trinajstić information content (AvgIpc) is 2.34. The van der Waals surface area contributed by atoms with Gasteiger partial charge in [0.1, 0.15) is 17.8 Å². The van der Waals surface area contributed by atoms with E-state index in [1.807, 2.05) is 0 Å². The fourth-order valence-corrected chi connectivity index (χ4v) is 2.61. The number of rotatable bonds is 8. The number of carboxylic acid groups (broad SMARTS) is 3. The maximum atomic E-state index is 10.3. The Morgan fingerprint density at radius 1 is 0.950 bits per heavy atom. The summed E-state index contributed by atoms with van der Waals surface area (Å²) in [6.45, 7) is 2.93. The Labute approximate surface area is 123 Å². The van der Waals surface area contributed by atoms with Gasteiger partial charge in [-0.1, -0.05) is 28.2 Å². The van der Waals surface area contributed by atoms with Gasteiger partial charge in [-0.05, 0) is 0 Å². The number of hydrogen-bond donors (Lipinski definition) is 6.